The summed E-state index contributed by atoms with van der Waals surface area (Å²) >= 11 is 0. The molecule has 2 N–H and O–H groups in total. The maximum Gasteiger partial charge on any atom is 0.254 e. The zero-order chi connectivity index (χ0) is 12.0. The van der Waals surface area contributed by atoms with Crippen LogP contribution >= 0.6 is 0 Å². The molecule has 1 rings (SSSR count). The summed E-state index contributed by atoms with van der Waals surface area (Å²) in [6.45, 7) is 2.73. The molecule has 1 heterocycles. The van der Waals surface area contributed by atoms with Crippen molar-refractivity contribution in [3.63, 3.8) is 0 Å². The fraction of sp³-hybridized carbons (Fsp3) is 0.636. The van der Waals surface area contributed by atoms with Gasteiger partial charge in [0.05, 0.1) is 11.8 Å². The van der Waals surface area contributed by atoms with Crippen LogP contribution in [0.25, 0.3) is 0 Å². The van der Waals surface area contributed by atoms with Gasteiger partial charge in [-0.2, -0.15) is 5.10 Å². The standard InChI is InChI=1S/C11H19N3O2/c1-9-10(8-13-14(9)2)11(16)12-6-4-3-5-7-15/h8,15H,3-7H2,1-2H3,(H,12,16). The lowest BCUT2D eigenvalue weighted by Gasteiger charge is -2.04. The lowest BCUT2D eigenvalue weighted by Crippen LogP contribution is -2.24. The third-order valence-corrected chi connectivity index (χ3v) is 2.60. The van der Waals surface area contributed by atoms with Crippen LogP contribution in [0.4, 0.5) is 0 Å². The Morgan fingerprint density at radius 3 is 2.81 bits per heavy atom. The van der Waals surface area contributed by atoms with Crippen molar-refractivity contribution in [1.82, 2.24) is 15.1 Å². The molecule has 0 aliphatic heterocycles. The predicted molar refractivity (Wildman–Crippen MR) is 61.2 cm³/mol. The van der Waals surface area contributed by atoms with E-state index < -0.39 is 0 Å². The summed E-state index contributed by atoms with van der Waals surface area (Å²) in [4.78, 5) is 11.7. The Bertz CT molecular complexity index is 347. The van der Waals surface area contributed by atoms with Crippen molar-refractivity contribution < 1.29 is 9.90 Å². The van der Waals surface area contributed by atoms with E-state index in [9.17, 15) is 4.79 Å². The minimum absolute atomic E-state index is 0.0744. The van der Waals surface area contributed by atoms with Gasteiger partial charge in [0, 0.05) is 25.9 Å². The summed E-state index contributed by atoms with van der Waals surface area (Å²) in [5, 5.41) is 15.4. The first-order chi connectivity index (χ1) is 7.66. The molecule has 0 spiro atoms. The third kappa shape index (κ3) is 3.34. The van der Waals surface area contributed by atoms with Crippen LogP contribution in [0.3, 0.4) is 0 Å². The fourth-order valence-corrected chi connectivity index (χ4v) is 1.43. The van der Waals surface area contributed by atoms with E-state index in [1.807, 2.05) is 14.0 Å². The summed E-state index contributed by atoms with van der Waals surface area (Å²) in [7, 11) is 1.81. The number of unbranched alkanes of at least 4 members (excludes halogenated alkanes) is 2. The van der Waals surface area contributed by atoms with E-state index in [1.54, 1.807) is 10.9 Å². The number of hydrogen-bond donors (Lipinski definition) is 2. The summed E-state index contributed by atoms with van der Waals surface area (Å²) in [6.07, 6.45) is 4.20. The molecule has 0 fully saturated rings. The smallest absolute Gasteiger partial charge is 0.254 e. The number of aliphatic hydroxyl groups is 1. The van der Waals surface area contributed by atoms with E-state index in [0.717, 1.165) is 25.0 Å². The average Bonchev–Trinajstić information content (AvgIpc) is 2.59. The van der Waals surface area contributed by atoms with Crippen LogP contribution in [0.1, 0.15) is 35.3 Å². The molecule has 0 saturated heterocycles. The molecule has 1 amide bonds. The molecule has 5 nitrogen and oxygen atoms in total. The van der Waals surface area contributed by atoms with Gasteiger partial charge in [0.2, 0.25) is 0 Å². The summed E-state index contributed by atoms with van der Waals surface area (Å²) in [6, 6.07) is 0. The Balaban J connectivity index is 2.33. The highest BCUT2D eigenvalue weighted by atomic mass is 16.2. The zero-order valence-electron chi connectivity index (χ0n) is 9.86. The number of rotatable bonds is 6. The molecular weight excluding hydrogens is 206 g/mol. The quantitative estimate of drug-likeness (QED) is 0.697. The molecule has 90 valence electrons. The van der Waals surface area contributed by atoms with Gasteiger partial charge in [0.1, 0.15) is 0 Å². The van der Waals surface area contributed by atoms with E-state index in [2.05, 4.69) is 10.4 Å². The fourth-order valence-electron chi connectivity index (χ4n) is 1.43. The molecule has 0 aliphatic rings. The molecule has 16 heavy (non-hydrogen) atoms. The molecule has 0 atom stereocenters. The van der Waals surface area contributed by atoms with Gasteiger partial charge in [-0.15, -0.1) is 0 Å². The number of amides is 1. The minimum Gasteiger partial charge on any atom is -0.396 e. The van der Waals surface area contributed by atoms with Crippen molar-refractivity contribution in [1.29, 1.82) is 0 Å². The molecule has 0 bridgehead atoms. The Hall–Kier alpha value is -1.36. The number of carbonyl (C=O) groups is 1. The summed E-state index contributed by atoms with van der Waals surface area (Å²) in [5.41, 5.74) is 1.50. The molecule has 1 aromatic rings. The number of aliphatic hydroxyl groups excluding tert-OH is 1. The SMILES string of the molecule is Cc1c(C(=O)NCCCCCO)cnn1C. The predicted octanol–water partition coefficient (Wildman–Crippen LogP) is 0.621. The molecule has 0 unspecified atom stereocenters. The Morgan fingerprint density at radius 1 is 1.50 bits per heavy atom. The Morgan fingerprint density at radius 2 is 2.25 bits per heavy atom. The maximum atomic E-state index is 11.7. The van der Waals surface area contributed by atoms with Crippen molar-refractivity contribution >= 4 is 5.91 Å². The van der Waals surface area contributed by atoms with Gasteiger partial charge in [0.15, 0.2) is 0 Å². The minimum atomic E-state index is -0.0744. The first-order valence-electron chi connectivity index (χ1n) is 5.54. The van der Waals surface area contributed by atoms with Gasteiger partial charge in [0.25, 0.3) is 5.91 Å². The molecule has 0 radical (unpaired) electrons. The monoisotopic (exact) mass is 225 g/mol. The van der Waals surface area contributed by atoms with Gasteiger partial charge in [-0.25, -0.2) is 0 Å². The Kier molecular flexibility index (Phi) is 4.98. The summed E-state index contributed by atoms with van der Waals surface area (Å²) in [5.74, 6) is -0.0744. The second-order valence-corrected chi connectivity index (χ2v) is 3.81. The molecule has 0 aliphatic carbocycles. The number of carbonyl (C=O) groups excluding carboxylic acids is 1. The molecule has 1 aromatic heterocycles. The van der Waals surface area contributed by atoms with E-state index in [4.69, 9.17) is 5.11 Å². The topological polar surface area (TPSA) is 67.2 Å². The molecule has 0 aromatic carbocycles. The van der Waals surface area contributed by atoms with Crippen molar-refractivity contribution in [2.75, 3.05) is 13.2 Å². The second-order valence-electron chi connectivity index (χ2n) is 3.81. The number of nitrogens with zero attached hydrogens (tertiary/aromatic N) is 2. The van der Waals surface area contributed by atoms with Crippen molar-refractivity contribution in [3.05, 3.63) is 17.5 Å². The lowest BCUT2D eigenvalue weighted by molar-refractivity contribution is 0.0952. The normalized spacial score (nSPS) is 10.4. The van der Waals surface area contributed by atoms with Crippen LogP contribution < -0.4 is 5.32 Å². The van der Waals surface area contributed by atoms with Gasteiger partial charge in [-0.1, -0.05) is 0 Å². The van der Waals surface area contributed by atoms with Gasteiger partial charge < -0.3 is 10.4 Å². The molecular formula is C11H19N3O2. The van der Waals surface area contributed by atoms with Crippen molar-refractivity contribution in [2.24, 2.45) is 7.05 Å². The van der Waals surface area contributed by atoms with Crippen LogP contribution in [-0.2, 0) is 7.05 Å². The highest BCUT2D eigenvalue weighted by molar-refractivity contribution is 5.94. The van der Waals surface area contributed by atoms with Gasteiger partial charge >= 0.3 is 0 Å². The number of aryl methyl sites for hydroxylation is 1. The van der Waals surface area contributed by atoms with Crippen LogP contribution in [0, 0.1) is 6.92 Å². The Labute approximate surface area is 95.5 Å². The third-order valence-electron chi connectivity index (χ3n) is 2.60. The average molecular weight is 225 g/mol. The van der Waals surface area contributed by atoms with Crippen LogP contribution in [-0.4, -0.2) is 33.9 Å². The lowest BCUT2D eigenvalue weighted by atomic mass is 10.2. The first-order valence-corrected chi connectivity index (χ1v) is 5.54. The van der Waals surface area contributed by atoms with Gasteiger partial charge in [-0.05, 0) is 26.2 Å². The van der Waals surface area contributed by atoms with E-state index in [-0.39, 0.29) is 12.5 Å². The van der Waals surface area contributed by atoms with Crippen molar-refractivity contribution in [2.45, 2.75) is 26.2 Å². The number of hydrogen-bond acceptors (Lipinski definition) is 3. The highest BCUT2D eigenvalue weighted by Gasteiger charge is 2.11. The first kappa shape index (κ1) is 12.7. The van der Waals surface area contributed by atoms with Crippen LogP contribution in [0.15, 0.2) is 6.20 Å². The summed E-state index contributed by atoms with van der Waals surface area (Å²) < 4.78 is 1.68. The molecule has 0 saturated carbocycles. The van der Waals surface area contributed by atoms with Crippen LogP contribution in [0.5, 0.6) is 0 Å². The number of aromatic nitrogens is 2. The van der Waals surface area contributed by atoms with E-state index in [0.29, 0.717) is 12.1 Å². The zero-order valence-corrected chi connectivity index (χ0v) is 9.86. The van der Waals surface area contributed by atoms with Gasteiger partial charge in [-0.3, -0.25) is 9.48 Å². The van der Waals surface area contributed by atoms with Crippen LogP contribution in [0.2, 0.25) is 0 Å². The van der Waals surface area contributed by atoms with Crippen molar-refractivity contribution in [3.8, 4) is 0 Å². The van der Waals surface area contributed by atoms with E-state index in [1.165, 1.54) is 0 Å². The largest absolute Gasteiger partial charge is 0.396 e. The van der Waals surface area contributed by atoms with E-state index >= 15 is 0 Å². The molecule has 5 heteroatoms. The number of nitrogens with one attached hydrogen (secondary N) is 1. The maximum absolute atomic E-state index is 11.7. The second kappa shape index (κ2) is 6.27. The highest BCUT2D eigenvalue weighted by Crippen LogP contribution is 2.05.